The lowest BCUT2D eigenvalue weighted by atomic mass is 10.1. The van der Waals surface area contributed by atoms with Crippen LogP contribution < -0.4 is 16.4 Å². The summed E-state index contributed by atoms with van der Waals surface area (Å²) in [5, 5.41) is 14.9. The fourth-order valence-electron chi connectivity index (χ4n) is 2.36. The maximum Gasteiger partial charge on any atom is 0.337 e. The normalized spacial score (nSPS) is 10.3. The molecule has 0 bridgehead atoms. The topological polar surface area (TPSA) is 122 Å². The SMILES string of the molecule is CC(=O)c1cc(Cl)c(CN)cc1NCC(=O)Nc1ccccc1C(=O)O. The Morgan fingerprint density at radius 1 is 1.12 bits per heavy atom. The Hall–Kier alpha value is -2.90. The third kappa shape index (κ3) is 4.59. The minimum Gasteiger partial charge on any atom is -0.478 e. The average molecular weight is 376 g/mol. The van der Waals surface area contributed by atoms with Crippen LogP contribution in [0.3, 0.4) is 0 Å². The van der Waals surface area contributed by atoms with Gasteiger partial charge in [0.2, 0.25) is 5.91 Å². The maximum atomic E-state index is 12.2. The summed E-state index contributed by atoms with van der Waals surface area (Å²) in [4.78, 5) is 35.1. The number of carboxylic acids is 1. The predicted octanol–water partition coefficient (Wildman–Crippen LogP) is 2.75. The molecule has 2 aromatic rings. The van der Waals surface area contributed by atoms with Gasteiger partial charge in [-0.05, 0) is 36.8 Å². The van der Waals surface area contributed by atoms with Crippen molar-refractivity contribution in [2.45, 2.75) is 13.5 Å². The quantitative estimate of drug-likeness (QED) is 0.552. The minimum absolute atomic E-state index is 0.0119. The molecule has 0 atom stereocenters. The molecule has 0 fully saturated rings. The maximum absolute atomic E-state index is 12.2. The van der Waals surface area contributed by atoms with Crippen LogP contribution >= 0.6 is 11.6 Å². The van der Waals surface area contributed by atoms with Gasteiger partial charge in [0.15, 0.2) is 5.78 Å². The average Bonchev–Trinajstić information content (AvgIpc) is 2.60. The summed E-state index contributed by atoms with van der Waals surface area (Å²) in [5.41, 5.74) is 7.21. The van der Waals surface area contributed by atoms with Crippen LogP contribution in [0.2, 0.25) is 5.02 Å². The Labute approximate surface area is 155 Å². The molecule has 7 nitrogen and oxygen atoms in total. The van der Waals surface area contributed by atoms with E-state index in [9.17, 15) is 14.4 Å². The van der Waals surface area contributed by atoms with Gasteiger partial charge in [-0.3, -0.25) is 9.59 Å². The first-order chi connectivity index (χ1) is 12.3. The summed E-state index contributed by atoms with van der Waals surface area (Å²) in [6, 6.07) is 9.21. The number of hydrogen-bond acceptors (Lipinski definition) is 5. The highest BCUT2D eigenvalue weighted by Gasteiger charge is 2.14. The number of carbonyl (C=O) groups excluding carboxylic acids is 2. The van der Waals surface area contributed by atoms with Gasteiger partial charge in [0.05, 0.1) is 17.8 Å². The molecule has 26 heavy (non-hydrogen) atoms. The summed E-state index contributed by atoms with van der Waals surface area (Å²) < 4.78 is 0. The van der Waals surface area contributed by atoms with Crippen LogP contribution in [0.4, 0.5) is 11.4 Å². The highest BCUT2D eigenvalue weighted by Crippen LogP contribution is 2.25. The summed E-state index contributed by atoms with van der Waals surface area (Å²) in [6.45, 7) is 1.41. The van der Waals surface area contributed by atoms with E-state index < -0.39 is 11.9 Å². The monoisotopic (exact) mass is 375 g/mol. The van der Waals surface area contributed by atoms with Crippen molar-refractivity contribution in [2.75, 3.05) is 17.2 Å². The number of amides is 1. The Morgan fingerprint density at radius 2 is 1.81 bits per heavy atom. The zero-order valence-electron chi connectivity index (χ0n) is 14.0. The fraction of sp³-hybridized carbons (Fsp3) is 0.167. The van der Waals surface area contributed by atoms with E-state index in [1.807, 2.05) is 0 Å². The van der Waals surface area contributed by atoms with E-state index in [1.54, 1.807) is 18.2 Å². The highest BCUT2D eigenvalue weighted by atomic mass is 35.5. The second-order valence-corrected chi connectivity index (χ2v) is 5.91. The van der Waals surface area contributed by atoms with Gasteiger partial charge in [-0.15, -0.1) is 0 Å². The zero-order valence-corrected chi connectivity index (χ0v) is 14.8. The van der Waals surface area contributed by atoms with Crippen molar-refractivity contribution in [1.82, 2.24) is 0 Å². The van der Waals surface area contributed by atoms with Crippen molar-refractivity contribution < 1.29 is 19.5 Å². The number of nitrogens with one attached hydrogen (secondary N) is 2. The van der Waals surface area contributed by atoms with Crippen LogP contribution in [-0.4, -0.2) is 29.3 Å². The molecular weight excluding hydrogens is 358 g/mol. The Morgan fingerprint density at radius 3 is 2.42 bits per heavy atom. The van der Waals surface area contributed by atoms with E-state index in [1.165, 1.54) is 25.1 Å². The van der Waals surface area contributed by atoms with Crippen LogP contribution in [-0.2, 0) is 11.3 Å². The van der Waals surface area contributed by atoms with E-state index in [0.717, 1.165) is 0 Å². The molecule has 0 aromatic heterocycles. The van der Waals surface area contributed by atoms with Gasteiger partial charge in [-0.25, -0.2) is 4.79 Å². The molecule has 0 spiro atoms. The summed E-state index contributed by atoms with van der Waals surface area (Å²) in [5.74, 6) is -1.81. The van der Waals surface area contributed by atoms with Crippen molar-refractivity contribution in [3.63, 3.8) is 0 Å². The molecule has 0 aliphatic rings. The van der Waals surface area contributed by atoms with Gasteiger partial charge in [0.25, 0.3) is 0 Å². The van der Waals surface area contributed by atoms with Gasteiger partial charge >= 0.3 is 5.97 Å². The molecule has 1 amide bonds. The number of benzene rings is 2. The lowest BCUT2D eigenvalue weighted by Gasteiger charge is -2.14. The van der Waals surface area contributed by atoms with Crippen molar-refractivity contribution in [1.29, 1.82) is 0 Å². The fourth-order valence-corrected chi connectivity index (χ4v) is 2.60. The van der Waals surface area contributed by atoms with Crippen molar-refractivity contribution in [2.24, 2.45) is 5.73 Å². The third-order valence-electron chi connectivity index (χ3n) is 3.66. The number of nitrogens with two attached hydrogens (primary N) is 1. The summed E-state index contributed by atoms with van der Waals surface area (Å²) in [6.07, 6.45) is 0. The number of ketones is 1. The molecule has 2 aromatic carbocycles. The van der Waals surface area contributed by atoms with Crippen LogP contribution in [0, 0.1) is 0 Å². The molecular formula is C18H18ClN3O4. The van der Waals surface area contributed by atoms with Gasteiger partial charge < -0.3 is 21.5 Å². The molecule has 5 N–H and O–H groups in total. The molecule has 0 saturated carbocycles. The number of carboxylic acid groups (broad SMARTS) is 1. The Bertz CT molecular complexity index is 868. The molecule has 0 saturated heterocycles. The number of para-hydroxylation sites is 1. The summed E-state index contributed by atoms with van der Waals surface area (Å²) >= 11 is 6.07. The standard InChI is InChI=1S/C18H18ClN3O4/c1-10(23)13-7-14(19)11(8-20)6-16(13)21-9-17(24)22-15-5-3-2-4-12(15)18(25)26/h2-7,21H,8-9,20H2,1H3,(H,22,24)(H,25,26). The molecule has 2 rings (SSSR count). The van der Waals surface area contributed by atoms with Gasteiger partial charge in [-0.1, -0.05) is 23.7 Å². The predicted molar refractivity (Wildman–Crippen MR) is 99.9 cm³/mol. The number of rotatable bonds is 7. The van der Waals surface area contributed by atoms with Crippen molar-refractivity contribution in [3.8, 4) is 0 Å². The van der Waals surface area contributed by atoms with Crippen LogP contribution in [0.5, 0.6) is 0 Å². The Balaban J connectivity index is 2.15. The van der Waals surface area contributed by atoms with Gasteiger partial charge in [0.1, 0.15) is 0 Å². The second kappa shape index (κ2) is 8.46. The van der Waals surface area contributed by atoms with Crippen LogP contribution in [0.25, 0.3) is 0 Å². The lowest BCUT2D eigenvalue weighted by Crippen LogP contribution is -2.23. The number of aromatic carboxylic acids is 1. The third-order valence-corrected chi connectivity index (χ3v) is 4.01. The molecule has 136 valence electrons. The second-order valence-electron chi connectivity index (χ2n) is 5.50. The first-order valence-electron chi connectivity index (χ1n) is 7.73. The van der Waals surface area contributed by atoms with E-state index in [2.05, 4.69) is 10.6 Å². The molecule has 0 radical (unpaired) electrons. The molecule has 0 aliphatic heterocycles. The number of Topliss-reactive ketones (excluding diaryl/α,β-unsaturated/α-hetero) is 1. The van der Waals surface area contributed by atoms with Gasteiger partial charge in [-0.2, -0.15) is 0 Å². The number of carbonyl (C=O) groups is 3. The number of hydrogen-bond donors (Lipinski definition) is 4. The Kier molecular flexibility index (Phi) is 6.32. The summed E-state index contributed by atoms with van der Waals surface area (Å²) in [7, 11) is 0. The molecule has 0 unspecified atom stereocenters. The number of halogens is 1. The highest BCUT2D eigenvalue weighted by molar-refractivity contribution is 6.32. The first kappa shape index (κ1) is 19.4. The largest absolute Gasteiger partial charge is 0.478 e. The lowest BCUT2D eigenvalue weighted by molar-refractivity contribution is -0.114. The van der Waals surface area contributed by atoms with E-state index >= 15 is 0 Å². The molecule has 0 heterocycles. The first-order valence-corrected chi connectivity index (χ1v) is 8.10. The van der Waals surface area contributed by atoms with Crippen molar-refractivity contribution in [3.05, 3.63) is 58.1 Å². The van der Waals surface area contributed by atoms with Crippen LogP contribution in [0.15, 0.2) is 36.4 Å². The van der Waals surface area contributed by atoms with E-state index in [0.29, 0.717) is 21.8 Å². The minimum atomic E-state index is -1.14. The molecule has 8 heteroatoms. The van der Waals surface area contributed by atoms with Crippen molar-refractivity contribution >= 4 is 40.6 Å². The van der Waals surface area contributed by atoms with E-state index in [-0.39, 0.29) is 30.1 Å². The van der Waals surface area contributed by atoms with Crippen LogP contribution in [0.1, 0.15) is 33.2 Å². The zero-order chi connectivity index (χ0) is 19.3. The van der Waals surface area contributed by atoms with Gasteiger partial charge in [0, 0.05) is 22.8 Å². The number of anilines is 2. The smallest absolute Gasteiger partial charge is 0.337 e. The van der Waals surface area contributed by atoms with E-state index in [4.69, 9.17) is 22.4 Å². The molecule has 0 aliphatic carbocycles.